The molecule has 0 aromatic carbocycles. The van der Waals surface area contributed by atoms with E-state index in [4.69, 9.17) is 5.26 Å². The molecule has 6 heavy (non-hydrogen) atoms. The SMILES string of the molecule is N#CSC(=S)I. The number of hydrogen-bond acceptors (Lipinski definition) is 3. The Morgan fingerprint density at radius 2 is 2.50 bits per heavy atom. The van der Waals surface area contributed by atoms with Crippen LogP contribution in [0.3, 0.4) is 0 Å². The molecular weight excluding hydrogens is 229 g/mol. The molecule has 32 valence electrons. The smallest absolute Gasteiger partial charge is 0.139 e. The van der Waals surface area contributed by atoms with Crippen LogP contribution in [0.1, 0.15) is 0 Å². The van der Waals surface area contributed by atoms with Gasteiger partial charge >= 0.3 is 0 Å². The van der Waals surface area contributed by atoms with E-state index in [-0.39, 0.29) is 0 Å². The summed E-state index contributed by atoms with van der Waals surface area (Å²) in [4.78, 5) is 0. The summed E-state index contributed by atoms with van der Waals surface area (Å²) in [6, 6.07) is 0. The molecule has 0 saturated heterocycles. The third-order valence-corrected chi connectivity index (χ3v) is 1.29. The average Bonchev–Trinajstić information content (AvgIpc) is 1.35. The van der Waals surface area contributed by atoms with Gasteiger partial charge in [-0.15, -0.1) is 0 Å². The molecule has 0 saturated carbocycles. The maximum absolute atomic E-state index is 7.86. The van der Waals surface area contributed by atoms with E-state index in [9.17, 15) is 0 Å². The van der Waals surface area contributed by atoms with Crippen LogP contribution in [-0.4, -0.2) is 2.20 Å². The van der Waals surface area contributed by atoms with Crippen molar-refractivity contribution in [2.75, 3.05) is 0 Å². The van der Waals surface area contributed by atoms with Crippen LogP contribution in [0.15, 0.2) is 0 Å². The Hall–Kier alpha value is 0.660. The highest BCUT2D eigenvalue weighted by molar-refractivity contribution is 14.1. The maximum Gasteiger partial charge on any atom is 0.139 e. The first-order valence-corrected chi connectivity index (χ1v) is 3.33. The molecule has 0 aliphatic rings. The Kier molecular flexibility index (Phi) is 4.26. The minimum Gasteiger partial charge on any atom is -0.185 e. The lowest BCUT2D eigenvalue weighted by Crippen LogP contribution is -1.58. The summed E-state index contributed by atoms with van der Waals surface area (Å²) in [6.45, 7) is 0. The third-order valence-electron chi connectivity index (χ3n) is 0.126. The Bertz CT molecular complexity index is 94.2. The summed E-state index contributed by atoms with van der Waals surface area (Å²) in [5.41, 5.74) is 0. The summed E-state index contributed by atoms with van der Waals surface area (Å²) in [7, 11) is 0. The first-order chi connectivity index (χ1) is 2.77. The van der Waals surface area contributed by atoms with Crippen LogP contribution in [0.5, 0.6) is 0 Å². The second-order valence-electron chi connectivity index (χ2n) is 0.431. The fourth-order valence-electron chi connectivity index (χ4n) is 0.0359. The van der Waals surface area contributed by atoms with E-state index in [0.29, 0.717) is 2.20 Å². The first-order valence-electron chi connectivity index (χ1n) is 1.02. The van der Waals surface area contributed by atoms with E-state index in [2.05, 4.69) is 12.2 Å². The number of thioether (sulfide) groups is 1. The van der Waals surface area contributed by atoms with E-state index in [0.717, 1.165) is 11.8 Å². The molecular formula is C2INS2. The van der Waals surface area contributed by atoms with Gasteiger partial charge in [0.2, 0.25) is 0 Å². The molecule has 0 rings (SSSR count). The van der Waals surface area contributed by atoms with Crippen LogP contribution < -0.4 is 0 Å². The van der Waals surface area contributed by atoms with Crippen molar-refractivity contribution in [1.29, 1.82) is 5.26 Å². The normalized spacial score (nSPS) is 6.67. The van der Waals surface area contributed by atoms with Crippen molar-refractivity contribution >= 4 is 48.8 Å². The van der Waals surface area contributed by atoms with E-state index >= 15 is 0 Å². The monoisotopic (exact) mass is 229 g/mol. The fourth-order valence-corrected chi connectivity index (χ4v) is 0.515. The van der Waals surface area contributed by atoms with E-state index < -0.39 is 0 Å². The molecule has 0 bridgehead atoms. The van der Waals surface area contributed by atoms with Gasteiger partial charge in [-0.05, 0) is 22.6 Å². The van der Waals surface area contributed by atoms with Gasteiger partial charge in [0.1, 0.15) is 7.60 Å². The van der Waals surface area contributed by atoms with E-state index in [1.54, 1.807) is 0 Å². The number of hydrogen-bond donors (Lipinski definition) is 0. The van der Waals surface area contributed by atoms with E-state index in [1.807, 2.05) is 28.0 Å². The molecule has 4 heteroatoms. The van der Waals surface area contributed by atoms with Crippen molar-refractivity contribution in [2.24, 2.45) is 0 Å². The lowest BCUT2D eigenvalue weighted by Gasteiger charge is -1.70. The molecule has 1 nitrogen and oxygen atoms in total. The molecule has 0 aliphatic heterocycles. The molecule has 0 aromatic rings. The first kappa shape index (κ1) is 6.66. The fraction of sp³-hybridized carbons (Fsp3) is 0. The number of rotatable bonds is 0. The molecule has 0 amide bonds. The highest BCUT2D eigenvalue weighted by Crippen LogP contribution is 2.06. The maximum atomic E-state index is 7.86. The standard InChI is InChI=1S/C2INS2/c3-2(5)6-1-4. The van der Waals surface area contributed by atoms with Gasteiger partial charge in [0, 0.05) is 11.8 Å². The molecule has 0 heterocycles. The number of halogens is 1. The van der Waals surface area contributed by atoms with Crippen molar-refractivity contribution in [1.82, 2.24) is 0 Å². The zero-order valence-electron chi connectivity index (χ0n) is 2.64. The van der Waals surface area contributed by atoms with E-state index in [1.165, 1.54) is 0 Å². The van der Waals surface area contributed by atoms with Crippen LogP contribution in [0.2, 0.25) is 0 Å². The molecule has 0 unspecified atom stereocenters. The predicted molar refractivity (Wildman–Crippen MR) is 39.8 cm³/mol. The second-order valence-corrected chi connectivity index (χ2v) is 4.44. The molecule has 0 aromatic heterocycles. The van der Waals surface area contributed by atoms with Gasteiger partial charge in [-0.25, -0.2) is 0 Å². The van der Waals surface area contributed by atoms with Gasteiger partial charge in [-0.2, -0.15) is 5.26 Å². The average molecular weight is 229 g/mol. The van der Waals surface area contributed by atoms with Gasteiger partial charge in [-0.3, -0.25) is 0 Å². The van der Waals surface area contributed by atoms with Crippen LogP contribution in [-0.2, 0) is 0 Å². The van der Waals surface area contributed by atoms with Crippen LogP contribution in [0.4, 0.5) is 0 Å². The molecule has 0 fully saturated rings. The highest BCUT2D eigenvalue weighted by Gasteiger charge is 1.81. The molecule has 0 radical (unpaired) electrons. The van der Waals surface area contributed by atoms with Crippen molar-refractivity contribution in [3.63, 3.8) is 0 Å². The number of nitriles is 1. The lowest BCUT2D eigenvalue weighted by molar-refractivity contribution is 1.57. The number of nitrogens with zero attached hydrogens (tertiary/aromatic N) is 1. The zero-order chi connectivity index (χ0) is 4.99. The molecule has 0 spiro atoms. The van der Waals surface area contributed by atoms with Crippen LogP contribution in [0.25, 0.3) is 0 Å². The Morgan fingerprint density at radius 3 is 2.50 bits per heavy atom. The summed E-state index contributed by atoms with van der Waals surface area (Å²) in [5.74, 6) is 0. The largest absolute Gasteiger partial charge is 0.185 e. The summed E-state index contributed by atoms with van der Waals surface area (Å²) in [6.07, 6.45) is 0. The number of thiocyanates is 1. The third kappa shape index (κ3) is 4.66. The quantitative estimate of drug-likeness (QED) is 0.274. The van der Waals surface area contributed by atoms with Gasteiger partial charge in [0.05, 0.1) is 0 Å². The summed E-state index contributed by atoms with van der Waals surface area (Å²) in [5, 5.41) is 9.69. The van der Waals surface area contributed by atoms with Crippen molar-refractivity contribution in [3.8, 4) is 5.40 Å². The van der Waals surface area contributed by atoms with Gasteiger partial charge in [-0.1, -0.05) is 12.2 Å². The molecule has 0 N–H and O–H groups in total. The van der Waals surface area contributed by atoms with Gasteiger partial charge < -0.3 is 0 Å². The van der Waals surface area contributed by atoms with Crippen molar-refractivity contribution in [2.45, 2.75) is 0 Å². The summed E-state index contributed by atoms with van der Waals surface area (Å²) >= 11 is 7.45. The summed E-state index contributed by atoms with van der Waals surface area (Å²) < 4.78 is 0.648. The zero-order valence-corrected chi connectivity index (χ0v) is 6.43. The number of thiocarbonyl (C=S) groups is 1. The molecule has 0 atom stereocenters. The lowest BCUT2D eigenvalue weighted by atomic mass is 11.8. The Morgan fingerprint density at radius 1 is 2.00 bits per heavy atom. The van der Waals surface area contributed by atoms with Crippen LogP contribution in [0, 0.1) is 10.7 Å². The highest BCUT2D eigenvalue weighted by atomic mass is 127. The van der Waals surface area contributed by atoms with Crippen LogP contribution >= 0.6 is 46.6 Å². The topological polar surface area (TPSA) is 23.8 Å². The van der Waals surface area contributed by atoms with Crippen molar-refractivity contribution < 1.29 is 0 Å². The van der Waals surface area contributed by atoms with Gasteiger partial charge in [0.15, 0.2) is 0 Å². The minimum atomic E-state index is 0.648. The van der Waals surface area contributed by atoms with Gasteiger partial charge in [0.25, 0.3) is 0 Å². The second kappa shape index (κ2) is 3.84. The molecule has 0 aliphatic carbocycles. The Balaban J connectivity index is 3.13. The van der Waals surface area contributed by atoms with Crippen molar-refractivity contribution in [3.05, 3.63) is 0 Å². The Labute approximate surface area is 59.2 Å². The minimum absolute atomic E-state index is 0.648. The predicted octanol–water partition coefficient (Wildman–Crippen LogP) is 1.92.